The molecule has 2 N–H and O–H groups in total. The van der Waals surface area contributed by atoms with Gasteiger partial charge in [-0.2, -0.15) is 0 Å². The molecule has 0 aliphatic heterocycles. The number of carboxylic acids is 1. The molecular weight excluding hydrogens is 292 g/mol. The average Bonchev–Trinajstić information content (AvgIpc) is 2.92. The van der Waals surface area contributed by atoms with Crippen molar-refractivity contribution in [1.29, 1.82) is 0 Å². The largest absolute Gasteiger partial charge is 0.477 e. The molecular formula is C14H14N2O4S. The molecule has 7 heteroatoms. The predicted molar refractivity (Wildman–Crippen MR) is 81.1 cm³/mol. The number of benzene rings is 1. The Kier molecular flexibility index (Phi) is 4.54. The van der Waals surface area contributed by atoms with Gasteiger partial charge in [-0.05, 0) is 30.7 Å². The van der Waals surface area contributed by atoms with Crippen LogP contribution in [-0.2, 0) is 13.0 Å². The Morgan fingerprint density at radius 3 is 2.62 bits per heavy atom. The minimum absolute atomic E-state index is 0.214. The van der Waals surface area contributed by atoms with E-state index in [0.717, 1.165) is 11.3 Å². The third kappa shape index (κ3) is 3.38. The Bertz CT molecular complexity index is 681. The van der Waals surface area contributed by atoms with Crippen LogP contribution in [0.25, 0.3) is 0 Å². The first-order chi connectivity index (χ1) is 10.0. The van der Waals surface area contributed by atoms with Crippen molar-refractivity contribution in [1.82, 2.24) is 0 Å². The summed E-state index contributed by atoms with van der Waals surface area (Å²) < 4.78 is 0. The normalized spacial score (nSPS) is 10.3. The molecule has 2 rings (SSSR count). The fraction of sp³-hybridized carbons (Fsp3) is 0.214. The predicted octanol–water partition coefficient (Wildman–Crippen LogP) is 3.53. The number of para-hydroxylation sites is 1. The molecule has 0 aliphatic rings. The van der Waals surface area contributed by atoms with Crippen LogP contribution in [0.1, 0.15) is 27.0 Å². The van der Waals surface area contributed by atoms with E-state index < -0.39 is 16.6 Å². The van der Waals surface area contributed by atoms with E-state index in [4.69, 9.17) is 5.11 Å². The van der Waals surface area contributed by atoms with E-state index in [1.807, 2.05) is 12.1 Å². The van der Waals surface area contributed by atoms with Crippen molar-refractivity contribution in [2.75, 3.05) is 5.32 Å². The molecule has 0 aliphatic carbocycles. The molecule has 0 saturated heterocycles. The van der Waals surface area contributed by atoms with Crippen LogP contribution < -0.4 is 5.32 Å². The zero-order valence-electron chi connectivity index (χ0n) is 11.3. The Labute approximate surface area is 125 Å². The van der Waals surface area contributed by atoms with E-state index in [9.17, 15) is 14.9 Å². The van der Waals surface area contributed by atoms with Crippen LogP contribution in [0.4, 0.5) is 11.4 Å². The minimum Gasteiger partial charge on any atom is -0.477 e. The maximum absolute atomic E-state index is 11.1. The van der Waals surface area contributed by atoms with Gasteiger partial charge in [-0.25, -0.2) is 4.79 Å². The molecule has 6 nitrogen and oxygen atoms in total. The fourth-order valence-corrected chi connectivity index (χ4v) is 2.84. The molecule has 0 fully saturated rings. The molecule has 2 aromatic rings. The van der Waals surface area contributed by atoms with Gasteiger partial charge in [0.1, 0.15) is 11.3 Å². The molecule has 110 valence electrons. The average molecular weight is 306 g/mol. The monoisotopic (exact) mass is 306 g/mol. The number of rotatable bonds is 6. The van der Waals surface area contributed by atoms with E-state index in [1.165, 1.54) is 23.1 Å². The van der Waals surface area contributed by atoms with Gasteiger partial charge in [0.2, 0.25) is 0 Å². The summed E-state index contributed by atoms with van der Waals surface area (Å²) in [6.45, 7) is 2.48. The Hall–Kier alpha value is -2.41. The molecule has 0 radical (unpaired) electrons. The number of aryl methyl sites for hydroxylation is 1. The lowest BCUT2D eigenvalue weighted by atomic mass is 10.1. The SMILES string of the molecule is CCc1ccc(CNc2cccc(C(=O)O)c2[N+](=O)[O-])s1. The lowest BCUT2D eigenvalue weighted by Crippen LogP contribution is -2.07. The number of thiophene rings is 1. The topological polar surface area (TPSA) is 92.5 Å². The summed E-state index contributed by atoms with van der Waals surface area (Å²) in [6, 6.07) is 8.21. The zero-order valence-corrected chi connectivity index (χ0v) is 12.1. The highest BCUT2D eigenvalue weighted by Gasteiger charge is 2.23. The molecule has 0 bridgehead atoms. The molecule has 0 atom stereocenters. The highest BCUT2D eigenvalue weighted by Crippen LogP contribution is 2.29. The second-order valence-corrected chi connectivity index (χ2v) is 5.59. The maximum atomic E-state index is 11.1. The van der Waals surface area contributed by atoms with Crippen LogP contribution in [-0.4, -0.2) is 16.0 Å². The van der Waals surface area contributed by atoms with E-state index in [0.29, 0.717) is 6.54 Å². The number of aromatic carboxylic acids is 1. The first-order valence-electron chi connectivity index (χ1n) is 6.35. The summed E-state index contributed by atoms with van der Waals surface area (Å²) >= 11 is 1.63. The second kappa shape index (κ2) is 6.36. The number of nitrogens with one attached hydrogen (secondary N) is 1. The number of nitro groups is 1. The van der Waals surface area contributed by atoms with Crippen LogP contribution in [0, 0.1) is 10.1 Å². The van der Waals surface area contributed by atoms with E-state index in [2.05, 4.69) is 12.2 Å². The van der Waals surface area contributed by atoms with Gasteiger partial charge in [-0.1, -0.05) is 13.0 Å². The second-order valence-electron chi connectivity index (χ2n) is 4.34. The van der Waals surface area contributed by atoms with Crippen molar-refractivity contribution >= 4 is 28.7 Å². The first kappa shape index (κ1) is 15.0. The quantitative estimate of drug-likeness (QED) is 0.629. The molecule has 1 aromatic carbocycles. The summed E-state index contributed by atoms with van der Waals surface area (Å²) in [7, 11) is 0. The van der Waals surface area contributed by atoms with Gasteiger partial charge >= 0.3 is 11.7 Å². The zero-order chi connectivity index (χ0) is 15.4. The molecule has 21 heavy (non-hydrogen) atoms. The van der Waals surface area contributed by atoms with Gasteiger partial charge in [0.25, 0.3) is 0 Å². The third-order valence-corrected chi connectivity index (χ3v) is 4.20. The fourth-order valence-electron chi connectivity index (χ4n) is 1.95. The number of carboxylic acid groups (broad SMARTS) is 1. The summed E-state index contributed by atoms with van der Waals surface area (Å²) in [4.78, 5) is 23.8. The molecule has 0 saturated carbocycles. The van der Waals surface area contributed by atoms with Gasteiger partial charge < -0.3 is 10.4 Å². The van der Waals surface area contributed by atoms with Crippen LogP contribution >= 0.6 is 11.3 Å². The van der Waals surface area contributed by atoms with Crippen molar-refractivity contribution in [3.8, 4) is 0 Å². The van der Waals surface area contributed by atoms with E-state index in [-0.39, 0.29) is 11.3 Å². The van der Waals surface area contributed by atoms with Crippen LogP contribution in [0.2, 0.25) is 0 Å². The van der Waals surface area contributed by atoms with Crippen LogP contribution in [0.3, 0.4) is 0 Å². The van der Waals surface area contributed by atoms with Crippen molar-refractivity contribution in [3.63, 3.8) is 0 Å². The molecule has 1 aromatic heterocycles. The van der Waals surface area contributed by atoms with Gasteiger partial charge in [0.15, 0.2) is 0 Å². The summed E-state index contributed by atoms with van der Waals surface area (Å²) in [5.74, 6) is -1.31. The lowest BCUT2D eigenvalue weighted by molar-refractivity contribution is -0.384. The number of carbonyl (C=O) groups is 1. The molecule has 0 amide bonds. The van der Waals surface area contributed by atoms with Gasteiger partial charge in [0.05, 0.1) is 4.92 Å². The number of nitro benzene ring substituents is 1. The number of hydrogen-bond donors (Lipinski definition) is 2. The van der Waals surface area contributed by atoms with Crippen molar-refractivity contribution in [3.05, 3.63) is 55.8 Å². The highest BCUT2D eigenvalue weighted by atomic mass is 32.1. The number of nitrogens with zero attached hydrogens (tertiary/aromatic N) is 1. The smallest absolute Gasteiger partial charge is 0.342 e. The lowest BCUT2D eigenvalue weighted by Gasteiger charge is -2.07. The highest BCUT2D eigenvalue weighted by molar-refractivity contribution is 7.12. The van der Waals surface area contributed by atoms with Crippen LogP contribution in [0.15, 0.2) is 30.3 Å². The Morgan fingerprint density at radius 2 is 2.05 bits per heavy atom. The minimum atomic E-state index is -1.31. The standard InChI is InChI=1S/C14H14N2O4S/c1-2-9-6-7-10(21-9)8-15-12-5-3-4-11(14(17)18)13(12)16(19)20/h3-7,15H,2,8H2,1H3,(H,17,18). The van der Waals surface area contributed by atoms with Crippen molar-refractivity contribution in [2.45, 2.75) is 19.9 Å². The number of hydrogen-bond acceptors (Lipinski definition) is 5. The Morgan fingerprint density at radius 1 is 1.33 bits per heavy atom. The Balaban J connectivity index is 2.25. The molecule has 1 heterocycles. The summed E-state index contributed by atoms with van der Waals surface area (Å²) in [5.41, 5.74) is -0.506. The summed E-state index contributed by atoms with van der Waals surface area (Å²) in [6.07, 6.45) is 0.944. The number of anilines is 1. The van der Waals surface area contributed by atoms with E-state index >= 15 is 0 Å². The first-order valence-corrected chi connectivity index (χ1v) is 7.16. The van der Waals surface area contributed by atoms with Gasteiger partial charge in [-0.3, -0.25) is 10.1 Å². The molecule has 0 unspecified atom stereocenters. The maximum Gasteiger partial charge on any atom is 0.342 e. The van der Waals surface area contributed by atoms with Crippen molar-refractivity contribution in [2.24, 2.45) is 0 Å². The van der Waals surface area contributed by atoms with Gasteiger partial charge in [0, 0.05) is 16.3 Å². The molecule has 0 spiro atoms. The van der Waals surface area contributed by atoms with E-state index in [1.54, 1.807) is 11.3 Å². The third-order valence-electron chi connectivity index (χ3n) is 2.97. The van der Waals surface area contributed by atoms with Crippen molar-refractivity contribution < 1.29 is 14.8 Å². The van der Waals surface area contributed by atoms with Crippen LogP contribution in [0.5, 0.6) is 0 Å². The summed E-state index contributed by atoms with van der Waals surface area (Å²) in [5, 5.41) is 23.1. The van der Waals surface area contributed by atoms with Gasteiger partial charge in [-0.15, -0.1) is 11.3 Å².